The fourth-order valence-corrected chi connectivity index (χ4v) is 1.56. The Bertz CT molecular complexity index is 442. The molecule has 0 atom stereocenters. The maximum Gasteiger partial charge on any atom is 0.392 e. The Labute approximate surface area is 91.3 Å². The van der Waals surface area contributed by atoms with E-state index in [0.717, 1.165) is 13.1 Å². The summed E-state index contributed by atoms with van der Waals surface area (Å²) in [6, 6.07) is 1.84. The van der Waals surface area contributed by atoms with Gasteiger partial charge in [0.2, 0.25) is 11.6 Å². The van der Waals surface area contributed by atoms with Crippen molar-refractivity contribution in [2.75, 3.05) is 31.1 Å². The Morgan fingerprint density at radius 2 is 2.25 bits per heavy atom. The molecular formula is C9H10N4O3. The molecule has 1 saturated heterocycles. The second-order valence-electron chi connectivity index (χ2n) is 3.33. The number of anilines is 1. The van der Waals surface area contributed by atoms with E-state index in [1.807, 2.05) is 11.0 Å². The molecule has 7 heteroatoms. The number of piperazine rings is 1. The first-order chi connectivity index (χ1) is 7.72. The highest BCUT2D eigenvalue weighted by Gasteiger charge is 2.23. The van der Waals surface area contributed by atoms with Gasteiger partial charge in [0, 0.05) is 26.2 Å². The van der Waals surface area contributed by atoms with E-state index >= 15 is 0 Å². The molecule has 2 rings (SSSR count). The normalized spacial score (nSPS) is 15.8. The molecule has 16 heavy (non-hydrogen) atoms. The molecule has 2 N–H and O–H groups in total. The summed E-state index contributed by atoms with van der Waals surface area (Å²) in [7, 11) is 0. The van der Waals surface area contributed by atoms with Crippen LogP contribution in [-0.2, 0) is 0 Å². The third-order valence-electron chi connectivity index (χ3n) is 2.30. The summed E-state index contributed by atoms with van der Waals surface area (Å²) < 4.78 is 5.07. The zero-order chi connectivity index (χ0) is 11.5. The van der Waals surface area contributed by atoms with Gasteiger partial charge in [-0.2, -0.15) is 10.2 Å². The Kier molecular flexibility index (Phi) is 2.74. The van der Waals surface area contributed by atoms with E-state index in [-0.39, 0.29) is 11.6 Å². The van der Waals surface area contributed by atoms with E-state index < -0.39 is 11.9 Å². The van der Waals surface area contributed by atoms with Crippen LogP contribution in [0.3, 0.4) is 0 Å². The van der Waals surface area contributed by atoms with Gasteiger partial charge in [-0.3, -0.25) is 0 Å². The summed E-state index contributed by atoms with van der Waals surface area (Å²) in [4.78, 5) is 16.1. The predicted octanol–water partition coefficient (Wildman–Crippen LogP) is -0.346. The van der Waals surface area contributed by atoms with Gasteiger partial charge < -0.3 is 19.7 Å². The number of carboxylic acid groups (broad SMARTS) is 1. The molecule has 1 aromatic rings. The lowest BCUT2D eigenvalue weighted by molar-refractivity contribution is 0.0654. The minimum Gasteiger partial charge on any atom is -0.474 e. The Morgan fingerprint density at radius 3 is 2.81 bits per heavy atom. The number of nitriles is 1. The third-order valence-corrected chi connectivity index (χ3v) is 2.30. The van der Waals surface area contributed by atoms with Gasteiger partial charge in [-0.05, 0) is 0 Å². The van der Waals surface area contributed by atoms with Crippen LogP contribution in [0.2, 0.25) is 0 Å². The van der Waals surface area contributed by atoms with Crippen LogP contribution in [-0.4, -0.2) is 42.2 Å². The van der Waals surface area contributed by atoms with E-state index in [1.54, 1.807) is 0 Å². The van der Waals surface area contributed by atoms with E-state index in [9.17, 15) is 4.79 Å². The molecular weight excluding hydrogens is 212 g/mol. The molecule has 0 unspecified atom stereocenters. The molecule has 0 radical (unpaired) electrons. The highest BCUT2D eigenvalue weighted by atomic mass is 16.4. The maximum atomic E-state index is 10.7. The highest BCUT2D eigenvalue weighted by molar-refractivity contribution is 5.83. The van der Waals surface area contributed by atoms with Crippen molar-refractivity contribution in [2.24, 2.45) is 0 Å². The monoisotopic (exact) mass is 222 g/mol. The van der Waals surface area contributed by atoms with Gasteiger partial charge in [-0.1, -0.05) is 0 Å². The van der Waals surface area contributed by atoms with Crippen molar-refractivity contribution < 1.29 is 14.3 Å². The fraction of sp³-hybridized carbons (Fsp3) is 0.444. The summed E-state index contributed by atoms with van der Waals surface area (Å²) in [5.74, 6) is -1.45. The molecule has 0 saturated carbocycles. The van der Waals surface area contributed by atoms with Gasteiger partial charge in [0.1, 0.15) is 6.07 Å². The van der Waals surface area contributed by atoms with Crippen LogP contribution < -0.4 is 10.2 Å². The van der Waals surface area contributed by atoms with Gasteiger partial charge >= 0.3 is 11.9 Å². The quantitative estimate of drug-likeness (QED) is 0.705. The van der Waals surface area contributed by atoms with E-state index in [1.165, 1.54) is 0 Å². The number of carbonyl (C=O) groups is 1. The molecule has 1 aromatic heterocycles. The summed E-state index contributed by atoms with van der Waals surface area (Å²) in [5, 5.41) is 20.7. The third kappa shape index (κ3) is 1.83. The van der Waals surface area contributed by atoms with Crippen molar-refractivity contribution in [1.82, 2.24) is 10.3 Å². The van der Waals surface area contributed by atoms with Crippen LogP contribution in [0.15, 0.2) is 4.42 Å². The predicted molar refractivity (Wildman–Crippen MR) is 53.3 cm³/mol. The summed E-state index contributed by atoms with van der Waals surface area (Å²) >= 11 is 0. The number of nitrogens with zero attached hydrogens (tertiary/aromatic N) is 3. The van der Waals surface area contributed by atoms with Crippen molar-refractivity contribution in [1.29, 1.82) is 5.26 Å². The largest absolute Gasteiger partial charge is 0.474 e. The molecule has 1 aliphatic heterocycles. The average Bonchev–Trinajstić information content (AvgIpc) is 2.74. The molecule has 0 spiro atoms. The summed E-state index contributed by atoms with van der Waals surface area (Å²) in [6.07, 6.45) is 0. The molecule has 0 aliphatic carbocycles. The Morgan fingerprint density at radius 1 is 1.56 bits per heavy atom. The number of oxazole rings is 1. The molecule has 1 fully saturated rings. The first-order valence-corrected chi connectivity index (χ1v) is 4.82. The van der Waals surface area contributed by atoms with Crippen molar-refractivity contribution >= 4 is 11.9 Å². The van der Waals surface area contributed by atoms with Crippen LogP contribution in [0.5, 0.6) is 0 Å². The van der Waals surface area contributed by atoms with Crippen LogP contribution in [0.1, 0.15) is 16.4 Å². The van der Waals surface area contributed by atoms with E-state index in [0.29, 0.717) is 13.1 Å². The van der Waals surface area contributed by atoms with Crippen molar-refractivity contribution in [3.8, 4) is 6.07 Å². The molecule has 0 aromatic carbocycles. The van der Waals surface area contributed by atoms with Crippen LogP contribution in [0, 0.1) is 11.3 Å². The van der Waals surface area contributed by atoms with E-state index in [2.05, 4.69) is 10.3 Å². The van der Waals surface area contributed by atoms with Crippen molar-refractivity contribution in [2.45, 2.75) is 0 Å². The number of carboxylic acids is 1. The Balaban J connectivity index is 2.31. The maximum absolute atomic E-state index is 10.7. The lowest BCUT2D eigenvalue weighted by Gasteiger charge is -2.26. The first-order valence-electron chi connectivity index (χ1n) is 4.82. The number of aromatic carboxylic acids is 1. The number of hydrogen-bond donors (Lipinski definition) is 2. The van der Waals surface area contributed by atoms with Gasteiger partial charge in [0.25, 0.3) is 0 Å². The SMILES string of the molecule is N#Cc1nc(C(=O)O)oc1N1CCNCC1. The summed E-state index contributed by atoms with van der Waals surface area (Å²) in [6.45, 7) is 2.88. The number of rotatable bonds is 2. The van der Waals surface area contributed by atoms with E-state index in [4.69, 9.17) is 14.8 Å². The van der Waals surface area contributed by atoms with Crippen molar-refractivity contribution in [3.63, 3.8) is 0 Å². The van der Waals surface area contributed by atoms with Gasteiger partial charge in [0.05, 0.1) is 0 Å². The standard InChI is InChI=1S/C9H10N4O3/c10-5-6-8(13-3-1-11-2-4-13)16-7(12-6)9(14)15/h11H,1-4H2,(H,14,15). The summed E-state index contributed by atoms with van der Waals surface area (Å²) in [5.41, 5.74) is 0.0271. The molecule has 0 amide bonds. The minimum atomic E-state index is -1.27. The molecule has 1 aliphatic rings. The second-order valence-corrected chi connectivity index (χ2v) is 3.33. The number of hydrogen-bond acceptors (Lipinski definition) is 6. The first kappa shape index (κ1) is 10.4. The lowest BCUT2D eigenvalue weighted by atomic mass is 10.3. The van der Waals surface area contributed by atoms with Crippen molar-refractivity contribution in [3.05, 3.63) is 11.6 Å². The smallest absolute Gasteiger partial charge is 0.392 e. The lowest BCUT2D eigenvalue weighted by Crippen LogP contribution is -2.43. The zero-order valence-electron chi connectivity index (χ0n) is 8.43. The molecule has 2 heterocycles. The zero-order valence-corrected chi connectivity index (χ0v) is 8.43. The van der Waals surface area contributed by atoms with Gasteiger partial charge in [0.15, 0.2) is 0 Å². The minimum absolute atomic E-state index is 0.0271. The average molecular weight is 222 g/mol. The van der Waals surface area contributed by atoms with Crippen LogP contribution >= 0.6 is 0 Å². The van der Waals surface area contributed by atoms with Crippen LogP contribution in [0.4, 0.5) is 5.88 Å². The van der Waals surface area contributed by atoms with Gasteiger partial charge in [-0.25, -0.2) is 4.79 Å². The number of nitrogens with one attached hydrogen (secondary N) is 1. The highest BCUT2D eigenvalue weighted by Crippen LogP contribution is 2.21. The number of aromatic nitrogens is 1. The Hall–Kier alpha value is -2.07. The van der Waals surface area contributed by atoms with Crippen LogP contribution in [0.25, 0.3) is 0 Å². The second kappa shape index (κ2) is 4.20. The topological polar surface area (TPSA) is 102 Å². The molecule has 84 valence electrons. The molecule has 0 bridgehead atoms. The fourth-order valence-electron chi connectivity index (χ4n) is 1.56. The molecule has 7 nitrogen and oxygen atoms in total. The van der Waals surface area contributed by atoms with Gasteiger partial charge in [-0.15, -0.1) is 0 Å².